The molecular weight excluding hydrogens is 378 g/mol. The van der Waals surface area contributed by atoms with Crippen molar-refractivity contribution < 1.29 is 17.9 Å². The van der Waals surface area contributed by atoms with E-state index < -0.39 is 10.0 Å². The van der Waals surface area contributed by atoms with Gasteiger partial charge >= 0.3 is 6.03 Å². The molecule has 0 saturated carbocycles. The van der Waals surface area contributed by atoms with Gasteiger partial charge < -0.3 is 15.0 Å². The summed E-state index contributed by atoms with van der Waals surface area (Å²) in [6, 6.07) is 12.7. The maximum atomic E-state index is 12.6. The summed E-state index contributed by atoms with van der Waals surface area (Å²) in [6.45, 7) is 1.51. The number of anilines is 2. The van der Waals surface area contributed by atoms with Gasteiger partial charge in [0.15, 0.2) is 0 Å². The Hall–Kier alpha value is -2.74. The first-order valence-corrected chi connectivity index (χ1v) is 10.8. The molecule has 1 aliphatic rings. The molecule has 0 unspecified atom stereocenters. The number of carbonyl (C=O) groups is 1. The maximum absolute atomic E-state index is 12.6. The number of carbonyl (C=O) groups excluding carboxylic acids is 1. The molecule has 2 amide bonds. The van der Waals surface area contributed by atoms with Gasteiger partial charge in [-0.05, 0) is 49.2 Å². The third-order valence-electron chi connectivity index (χ3n) is 4.63. The van der Waals surface area contributed by atoms with Gasteiger partial charge in [0.1, 0.15) is 5.75 Å². The van der Waals surface area contributed by atoms with E-state index in [9.17, 15) is 13.2 Å². The molecule has 2 aromatic carbocycles. The molecule has 3 rings (SSSR count). The van der Waals surface area contributed by atoms with Crippen LogP contribution in [0.25, 0.3) is 0 Å². The SMILES string of the molecule is COc1cccc(NS(=O)(=O)c2ccc(NC(=O)N3CCCCCC3)cc2)c1. The Morgan fingerprint density at radius 2 is 1.64 bits per heavy atom. The predicted octanol–water partition coefficient (Wildman–Crippen LogP) is 3.90. The van der Waals surface area contributed by atoms with Gasteiger partial charge in [-0.25, -0.2) is 13.2 Å². The van der Waals surface area contributed by atoms with Crippen molar-refractivity contribution in [3.8, 4) is 5.75 Å². The summed E-state index contributed by atoms with van der Waals surface area (Å²) in [5.41, 5.74) is 0.979. The molecule has 0 atom stereocenters. The molecule has 0 aromatic heterocycles. The minimum Gasteiger partial charge on any atom is -0.497 e. The molecule has 0 radical (unpaired) electrons. The number of nitrogens with zero attached hydrogens (tertiary/aromatic N) is 1. The Kier molecular flexibility index (Phi) is 6.41. The van der Waals surface area contributed by atoms with E-state index in [0.717, 1.165) is 38.8 Å². The number of likely N-dealkylation sites (tertiary alicyclic amines) is 1. The third-order valence-corrected chi connectivity index (χ3v) is 6.03. The van der Waals surface area contributed by atoms with Crippen molar-refractivity contribution >= 4 is 27.4 Å². The Morgan fingerprint density at radius 3 is 2.29 bits per heavy atom. The van der Waals surface area contributed by atoms with Crippen molar-refractivity contribution in [3.63, 3.8) is 0 Å². The molecule has 0 spiro atoms. The average Bonchev–Trinajstić information content (AvgIpc) is 2.98. The fourth-order valence-corrected chi connectivity index (χ4v) is 4.14. The summed E-state index contributed by atoms with van der Waals surface area (Å²) < 4.78 is 32.8. The van der Waals surface area contributed by atoms with E-state index in [4.69, 9.17) is 4.74 Å². The zero-order chi connectivity index (χ0) is 20.0. The normalized spacial score (nSPS) is 14.8. The number of ether oxygens (including phenoxy) is 1. The van der Waals surface area contributed by atoms with Gasteiger partial charge in [0.05, 0.1) is 17.7 Å². The summed E-state index contributed by atoms with van der Waals surface area (Å²) in [7, 11) is -2.22. The van der Waals surface area contributed by atoms with E-state index >= 15 is 0 Å². The highest BCUT2D eigenvalue weighted by Gasteiger charge is 2.17. The van der Waals surface area contributed by atoms with Crippen LogP contribution in [-0.4, -0.2) is 39.5 Å². The smallest absolute Gasteiger partial charge is 0.321 e. The maximum Gasteiger partial charge on any atom is 0.321 e. The summed E-state index contributed by atoms with van der Waals surface area (Å²) in [6.07, 6.45) is 4.33. The van der Waals surface area contributed by atoms with Crippen LogP contribution in [0.4, 0.5) is 16.2 Å². The molecule has 2 aromatic rings. The van der Waals surface area contributed by atoms with Gasteiger partial charge in [0.25, 0.3) is 10.0 Å². The second kappa shape index (κ2) is 8.97. The average molecular weight is 404 g/mol. The topological polar surface area (TPSA) is 87.7 Å². The number of hydrogen-bond donors (Lipinski definition) is 2. The van der Waals surface area contributed by atoms with Crippen LogP contribution in [0, 0.1) is 0 Å². The molecule has 1 aliphatic heterocycles. The molecule has 0 aliphatic carbocycles. The molecule has 1 heterocycles. The number of sulfonamides is 1. The highest BCUT2D eigenvalue weighted by Crippen LogP contribution is 2.22. The summed E-state index contributed by atoms with van der Waals surface area (Å²) in [5.74, 6) is 0.562. The standard InChI is InChI=1S/C20H25N3O4S/c1-27-18-8-6-7-17(15-18)22-28(25,26)19-11-9-16(10-12-19)21-20(24)23-13-4-2-3-5-14-23/h6-12,15,22H,2-5,13-14H2,1H3,(H,21,24). The van der Waals surface area contributed by atoms with Crippen LogP contribution in [0.15, 0.2) is 53.4 Å². The van der Waals surface area contributed by atoms with Crippen molar-refractivity contribution in [2.75, 3.05) is 30.2 Å². The number of nitrogens with one attached hydrogen (secondary N) is 2. The van der Waals surface area contributed by atoms with Crippen LogP contribution < -0.4 is 14.8 Å². The van der Waals surface area contributed by atoms with Crippen LogP contribution in [0.1, 0.15) is 25.7 Å². The van der Waals surface area contributed by atoms with Crippen molar-refractivity contribution in [2.24, 2.45) is 0 Å². The van der Waals surface area contributed by atoms with E-state index in [-0.39, 0.29) is 10.9 Å². The number of benzene rings is 2. The van der Waals surface area contributed by atoms with Crippen molar-refractivity contribution in [1.29, 1.82) is 0 Å². The first kappa shape index (κ1) is 20.0. The van der Waals surface area contributed by atoms with Crippen LogP contribution in [0.2, 0.25) is 0 Å². The van der Waals surface area contributed by atoms with Gasteiger partial charge in [0.2, 0.25) is 0 Å². The third kappa shape index (κ3) is 5.16. The van der Waals surface area contributed by atoms with Crippen LogP contribution in [0.5, 0.6) is 5.75 Å². The fraction of sp³-hybridized carbons (Fsp3) is 0.350. The Labute approximate surface area is 165 Å². The van der Waals surface area contributed by atoms with Crippen molar-refractivity contribution in [3.05, 3.63) is 48.5 Å². The highest BCUT2D eigenvalue weighted by molar-refractivity contribution is 7.92. The van der Waals surface area contributed by atoms with Crippen LogP contribution >= 0.6 is 0 Å². The zero-order valence-corrected chi connectivity index (χ0v) is 16.7. The highest BCUT2D eigenvalue weighted by atomic mass is 32.2. The molecule has 28 heavy (non-hydrogen) atoms. The Balaban J connectivity index is 1.66. The lowest BCUT2D eigenvalue weighted by Crippen LogP contribution is -2.35. The molecule has 1 saturated heterocycles. The van der Waals surface area contributed by atoms with E-state index in [1.165, 1.54) is 19.2 Å². The molecule has 2 N–H and O–H groups in total. The van der Waals surface area contributed by atoms with Gasteiger partial charge in [-0.3, -0.25) is 4.72 Å². The van der Waals surface area contributed by atoms with Crippen molar-refractivity contribution in [1.82, 2.24) is 4.90 Å². The van der Waals surface area contributed by atoms with E-state index in [2.05, 4.69) is 10.0 Å². The largest absolute Gasteiger partial charge is 0.497 e. The van der Waals surface area contributed by atoms with E-state index in [1.54, 1.807) is 36.4 Å². The van der Waals surface area contributed by atoms with E-state index in [0.29, 0.717) is 17.1 Å². The number of rotatable bonds is 5. The second-order valence-corrected chi connectivity index (χ2v) is 8.38. The molecular formula is C20H25N3O4S. The minimum absolute atomic E-state index is 0.114. The fourth-order valence-electron chi connectivity index (χ4n) is 3.09. The zero-order valence-electron chi connectivity index (χ0n) is 15.8. The lowest BCUT2D eigenvalue weighted by atomic mass is 10.2. The van der Waals surface area contributed by atoms with E-state index in [1.807, 2.05) is 4.90 Å². The summed E-state index contributed by atoms with van der Waals surface area (Å²) in [4.78, 5) is 14.3. The van der Waals surface area contributed by atoms with Crippen LogP contribution in [-0.2, 0) is 10.0 Å². The van der Waals surface area contributed by atoms with Crippen LogP contribution in [0.3, 0.4) is 0 Å². The number of hydrogen-bond acceptors (Lipinski definition) is 4. The number of amides is 2. The lowest BCUT2D eigenvalue weighted by molar-refractivity contribution is 0.214. The molecule has 8 heteroatoms. The van der Waals surface area contributed by atoms with Gasteiger partial charge in [0, 0.05) is 24.8 Å². The van der Waals surface area contributed by atoms with Crippen molar-refractivity contribution in [2.45, 2.75) is 30.6 Å². The minimum atomic E-state index is -3.74. The number of urea groups is 1. The van der Waals surface area contributed by atoms with Gasteiger partial charge in [-0.1, -0.05) is 18.9 Å². The molecule has 150 valence electrons. The van der Waals surface area contributed by atoms with Gasteiger partial charge in [-0.2, -0.15) is 0 Å². The molecule has 1 fully saturated rings. The quantitative estimate of drug-likeness (QED) is 0.792. The lowest BCUT2D eigenvalue weighted by Gasteiger charge is -2.20. The van der Waals surface area contributed by atoms with Gasteiger partial charge in [-0.15, -0.1) is 0 Å². The monoisotopic (exact) mass is 403 g/mol. The summed E-state index contributed by atoms with van der Waals surface area (Å²) >= 11 is 0. The Morgan fingerprint density at radius 1 is 0.964 bits per heavy atom. The molecule has 0 bridgehead atoms. The number of methoxy groups -OCH3 is 1. The first-order chi connectivity index (χ1) is 13.5. The Bertz CT molecular complexity index is 905. The molecule has 7 nitrogen and oxygen atoms in total. The first-order valence-electron chi connectivity index (χ1n) is 9.31. The second-order valence-electron chi connectivity index (χ2n) is 6.69. The predicted molar refractivity (Wildman–Crippen MR) is 109 cm³/mol. The summed E-state index contributed by atoms with van der Waals surface area (Å²) in [5, 5.41) is 2.84.